The Labute approximate surface area is 195 Å². The number of carbonyl (C=O) groups excluding carboxylic acids is 1. The minimum atomic E-state index is -0.660. The number of amides is 1. The highest BCUT2D eigenvalue weighted by molar-refractivity contribution is 5.98. The van der Waals surface area contributed by atoms with Crippen molar-refractivity contribution in [2.45, 2.75) is 13.0 Å². The number of benzene rings is 2. The van der Waals surface area contributed by atoms with Crippen molar-refractivity contribution in [1.82, 2.24) is 19.9 Å². The summed E-state index contributed by atoms with van der Waals surface area (Å²) in [5.74, 6) is -0.101. The molecule has 34 heavy (non-hydrogen) atoms. The van der Waals surface area contributed by atoms with Gasteiger partial charge < -0.3 is 30.0 Å². The molecule has 1 aliphatic heterocycles. The number of nitrogen functional groups attached to an aromatic ring is 1. The number of ether oxygens (including phenoxy) is 2. The minimum absolute atomic E-state index is 0.0409. The first-order valence-electron chi connectivity index (χ1n) is 10.9. The molecule has 1 unspecified atom stereocenters. The summed E-state index contributed by atoms with van der Waals surface area (Å²) >= 11 is 0. The Kier molecular flexibility index (Phi) is 5.35. The van der Waals surface area contributed by atoms with Gasteiger partial charge in [0.05, 0.1) is 14.2 Å². The van der Waals surface area contributed by atoms with Crippen LogP contribution in [-0.2, 0) is 0 Å². The molecule has 0 spiro atoms. The molecule has 10 heteroatoms. The lowest BCUT2D eigenvalue weighted by atomic mass is 10.1. The number of hydrogen-bond acceptors (Lipinski definition) is 7. The number of para-hydroxylation sites is 1. The second-order valence-electron chi connectivity index (χ2n) is 8.29. The van der Waals surface area contributed by atoms with Gasteiger partial charge in [0.1, 0.15) is 17.0 Å². The highest BCUT2D eigenvalue weighted by Gasteiger charge is 2.30. The molecule has 5 rings (SSSR count). The van der Waals surface area contributed by atoms with Crippen molar-refractivity contribution in [2.24, 2.45) is 0 Å². The third kappa shape index (κ3) is 3.51. The van der Waals surface area contributed by atoms with Crippen LogP contribution in [0.5, 0.6) is 11.5 Å². The Morgan fingerprint density at radius 1 is 1.18 bits per heavy atom. The summed E-state index contributed by atoms with van der Waals surface area (Å²) in [5, 5.41) is 1.34. The number of halogens is 1. The largest absolute Gasteiger partial charge is 0.493 e. The number of aromatic amines is 1. The SMILES string of the molecule is COc1cc2c(N)nc(N3CCN(C(=O)c4cc5ccccc5[nH]4)CC3C)nc2c(F)c1OC. The van der Waals surface area contributed by atoms with Crippen LogP contribution in [0.3, 0.4) is 0 Å². The Hall–Kier alpha value is -4.08. The van der Waals surface area contributed by atoms with Gasteiger partial charge in [-0.1, -0.05) is 18.2 Å². The Morgan fingerprint density at radius 2 is 1.97 bits per heavy atom. The van der Waals surface area contributed by atoms with E-state index in [9.17, 15) is 4.79 Å². The van der Waals surface area contributed by atoms with Gasteiger partial charge in [0.2, 0.25) is 5.95 Å². The lowest BCUT2D eigenvalue weighted by Gasteiger charge is -2.39. The van der Waals surface area contributed by atoms with E-state index in [0.29, 0.717) is 36.7 Å². The van der Waals surface area contributed by atoms with Gasteiger partial charge in [-0.2, -0.15) is 4.98 Å². The monoisotopic (exact) mass is 464 g/mol. The number of nitrogens with two attached hydrogens (primary N) is 1. The third-order valence-electron chi connectivity index (χ3n) is 6.23. The maximum Gasteiger partial charge on any atom is 0.270 e. The first-order chi connectivity index (χ1) is 16.4. The molecule has 4 aromatic rings. The van der Waals surface area contributed by atoms with E-state index >= 15 is 4.39 Å². The average Bonchev–Trinajstić information content (AvgIpc) is 3.28. The maximum atomic E-state index is 15.2. The van der Waals surface area contributed by atoms with Crippen molar-refractivity contribution in [2.75, 3.05) is 44.5 Å². The molecule has 2 aromatic heterocycles. The number of nitrogens with one attached hydrogen (secondary N) is 1. The molecular weight excluding hydrogens is 439 g/mol. The van der Waals surface area contributed by atoms with E-state index in [1.54, 1.807) is 11.0 Å². The van der Waals surface area contributed by atoms with Crippen LogP contribution in [-0.4, -0.2) is 65.7 Å². The number of carbonyl (C=O) groups is 1. The van der Waals surface area contributed by atoms with E-state index in [1.165, 1.54) is 14.2 Å². The van der Waals surface area contributed by atoms with Gasteiger partial charge in [-0.25, -0.2) is 9.37 Å². The second kappa shape index (κ2) is 8.36. The zero-order valence-electron chi connectivity index (χ0n) is 19.1. The number of fused-ring (bicyclic) bond motifs is 2. The number of methoxy groups -OCH3 is 2. The van der Waals surface area contributed by atoms with E-state index in [2.05, 4.69) is 15.0 Å². The number of piperazine rings is 1. The first kappa shape index (κ1) is 21.7. The summed E-state index contributed by atoms with van der Waals surface area (Å²) in [6.45, 7) is 3.38. The predicted molar refractivity (Wildman–Crippen MR) is 128 cm³/mol. The molecule has 1 saturated heterocycles. The molecule has 0 bridgehead atoms. The molecule has 3 heterocycles. The summed E-state index contributed by atoms with van der Waals surface area (Å²) < 4.78 is 25.5. The molecule has 1 aliphatic rings. The van der Waals surface area contributed by atoms with Gasteiger partial charge in [0.25, 0.3) is 5.91 Å². The number of H-pyrrole nitrogens is 1. The fourth-order valence-corrected chi connectivity index (χ4v) is 4.46. The zero-order chi connectivity index (χ0) is 24.0. The van der Waals surface area contributed by atoms with E-state index in [-0.39, 0.29) is 34.8 Å². The van der Waals surface area contributed by atoms with Crippen LogP contribution in [0, 0.1) is 5.82 Å². The number of aromatic nitrogens is 3. The summed E-state index contributed by atoms with van der Waals surface area (Å²) in [6.07, 6.45) is 0. The first-order valence-corrected chi connectivity index (χ1v) is 10.9. The van der Waals surface area contributed by atoms with Crippen molar-refractivity contribution in [1.29, 1.82) is 0 Å². The van der Waals surface area contributed by atoms with Crippen LogP contribution < -0.4 is 20.1 Å². The van der Waals surface area contributed by atoms with Crippen LogP contribution in [0.4, 0.5) is 16.2 Å². The molecule has 3 N–H and O–H groups in total. The summed E-state index contributed by atoms with van der Waals surface area (Å²) in [5.41, 5.74) is 7.71. The normalized spacial score (nSPS) is 16.3. The van der Waals surface area contributed by atoms with Crippen LogP contribution in [0.1, 0.15) is 17.4 Å². The lowest BCUT2D eigenvalue weighted by Crippen LogP contribution is -2.54. The molecule has 1 fully saturated rings. The van der Waals surface area contributed by atoms with Gasteiger partial charge in [0.15, 0.2) is 17.3 Å². The quantitative estimate of drug-likeness (QED) is 0.477. The molecule has 1 atom stereocenters. The van der Waals surface area contributed by atoms with E-state index in [4.69, 9.17) is 15.2 Å². The molecule has 0 radical (unpaired) electrons. The molecule has 0 saturated carbocycles. The van der Waals surface area contributed by atoms with E-state index in [0.717, 1.165) is 10.9 Å². The fraction of sp³-hybridized carbons (Fsp3) is 0.292. The molecule has 176 valence electrons. The summed E-state index contributed by atoms with van der Waals surface area (Å²) in [7, 11) is 2.79. The topological polar surface area (TPSA) is 110 Å². The predicted octanol–water partition coefficient (Wildman–Crippen LogP) is 3.20. The van der Waals surface area contributed by atoms with Crippen LogP contribution in [0.25, 0.3) is 21.8 Å². The molecular formula is C24H25FN6O3. The Balaban J connectivity index is 1.41. The van der Waals surface area contributed by atoms with Crippen molar-refractivity contribution < 1.29 is 18.7 Å². The third-order valence-corrected chi connectivity index (χ3v) is 6.23. The number of rotatable bonds is 4. The maximum absolute atomic E-state index is 15.2. The summed E-state index contributed by atoms with van der Waals surface area (Å²) in [6, 6.07) is 11.1. The average molecular weight is 465 g/mol. The zero-order valence-corrected chi connectivity index (χ0v) is 19.1. The van der Waals surface area contributed by atoms with Crippen molar-refractivity contribution in [3.05, 3.63) is 47.9 Å². The minimum Gasteiger partial charge on any atom is -0.493 e. The molecule has 0 aliphatic carbocycles. The van der Waals surface area contributed by atoms with Crippen molar-refractivity contribution >= 4 is 39.5 Å². The fourth-order valence-electron chi connectivity index (χ4n) is 4.46. The van der Waals surface area contributed by atoms with E-state index in [1.807, 2.05) is 42.2 Å². The van der Waals surface area contributed by atoms with Crippen molar-refractivity contribution in [3.8, 4) is 11.5 Å². The molecule has 1 amide bonds. The lowest BCUT2D eigenvalue weighted by molar-refractivity contribution is 0.0720. The smallest absolute Gasteiger partial charge is 0.270 e. The van der Waals surface area contributed by atoms with Crippen molar-refractivity contribution in [3.63, 3.8) is 0 Å². The standard InChI is InChI=1S/C24H25FN6O3/c1-13-12-30(23(32)17-10-14-6-4-5-7-16(14)27-17)8-9-31(13)24-28-20-15(22(26)29-24)11-18(33-2)21(34-3)19(20)25/h4-7,10-11,13,27H,8-9,12H2,1-3H3,(H2,26,28,29). The number of anilines is 2. The van der Waals surface area contributed by atoms with Crippen LogP contribution in [0.2, 0.25) is 0 Å². The molecule has 9 nitrogen and oxygen atoms in total. The second-order valence-corrected chi connectivity index (χ2v) is 8.29. The van der Waals surface area contributed by atoms with Crippen LogP contribution in [0.15, 0.2) is 36.4 Å². The Morgan fingerprint density at radius 3 is 2.68 bits per heavy atom. The highest BCUT2D eigenvalue weighted by Crippen LogP contribution is 2.37. The van der Waals surface area contributed by atoms with Gasteiger partial charge in [-0.15, -0.1) is 0 Å². The molecule has 2 aromatic carbocycles. The van der Waals surface area contributed by atoms with Crippen LogP contribution >= 0.6 is 0 Å². The van der Waals surface area contributed by atoms with Gasteiger partial charge >= 0.3 is 0 Å². The van der Waals surface area contributed by atoms with Gasteiger partial charge in [0, 0.05) is 42.0 Å². The van der Waals surface area contributed by atoms with E-state index < -0.39 is 5.82 Å². The van der Waals surface area contributed by atoms with Gasteiger partial charge in [-0.3, -0.25) is 4.79 Å². The summed E-state index contributed by atoms with van der Waals surface area (Å²) in [4.78, 5) is 28.9. The number of nitrogens with zero attached hydrogens (tertiary/aromatic N) is 4. The highest BCUT2D eigenvalue weighted by atomic mass is 19.1. The van der Waals surface area contributed by atoms with Gasteiger partial charge in [-0.05, 0) is 25.1 Å². The Bertz CT molecular complexity index is 1370. The number of hydrogen-bond donors (Lipinski definition) is 2.